The van der Waals surface area contributed by atoms with Crippen molar-refractivity contribution in [2.24, 2.45) is 0 Å². The summed E-state index contributed by atoms with van der Waals surface area (Å²) in [7, 11) is 0. The maximum Gasteiger partial charge on any atom is 0.328 e. The molecule has 0 saturated heterocycles. The van der Waals surface area contributed by atoms with Gasteiger partial charge in [0, 0.05) is 12.2 Å². The molecule has 0 aromatic rings. The van der Waals surface area contributed by atoms with Crippen molar-refractivity contribution in [2.45, 2.75) is 35.6 Å². The fourth-order valence-electron chi connectivity index (χ4n) is 0.809. The summed E-state index contributed by atoms with van der Waals surface area (Å²) in [6.07, 6.45) is 1.12. The number of carbonyl (C=O) groups is 2. The second-order valence-corrected chi connectivity index (χ2v) is 11.0. The number of aliphatic carboxylic acids is 2. The van der Waals surface area contributed by atoms with Crippen LogP contribution in [0.3, 0.4) is 0 Å². The Kier molecular flexibility index (Phi) is 11.3. The smallest absolute Gasteiger partial charge is 0.328 e. The molecule has 0 unspecified atom stereocenters. The Morgan fingerprint density at radius 2 is 1.20 bits per heavy atom. The molecule has 0 aromatic carbocycles. The first kappa shape index (κ1) is 16.9. The molecule has 2 N–H and O–H groups in total. The number of hydrogen-bond acceptors (Lipinski definition) is 2. The first-order valence-electron chi connectivity index (χ1n) is 4.65. The summed E-state index contributed by atoms with van der Waals surface area (Å²) in [5.74, 6) is -2.51. The van der Waals surface area contributed by atoms with Gasteiger partial charge in [0.1, 0.15) is 0 Å². The van der Waals surface area contributed by atoms with E-state index in [1.165, 1.54) is 0 Å². The third kappa shape index (κ3) is 24.7. The second-order valence-electron chi connectivity index (χ2n) is 3.49. The van der Waals surface area contributed by atoms with Gasteiger partial charge in [-0.3, -0.25) is 0 Å². The topological polar surface area (TPSA) is 74.6 Å². The van der Waals surface area contributed by atoms with Crippen molar-refractivity contribution in [1.29, 1.82) is 0 Å². The second kappa shape index (κ2) is 10.0. The molecular formula is C10H18O4Sn. The van der Waals surface area contributed by atoms with Crippen LogP contribution in [0.5, 0.6) is 0 Å². The summed E-state index contributed by atoms with van der Waals surface area (Å²) < 4.78 is 2.09. The molecule has 0 atom stereocenters. The van der Waals surface area contributed by atoms with Crippen LogP contribution in [0.25, 0.3) is 0 Å². The molecule has 0 rings (SSSR count). The molecule has 0 aliphatic rings. The Hall–Kier alpha value is -0.521. The van der Waals surface area contributed by atoms with E-state index < -0.39 is 11.9 Å². The van der Waals surface area contributed by atoms with Crippen LogP contribution < -0.4 is 0 Å². The van der Waals surface area contributed by atoms with E-state index in [-0.39, 0.29) is 21.1 Å². The average Bonchev–Trinajstić information content (AvgIpc) is 1.99. The van der Waals surface area contributed by atoms with Crippen LogP contribution in [0, 0.1) is 0 Å². The van der Waals surface area contributed by atoms with Crippen LogP contribution in [0.15, 0.2) is 12.2 Å². The third-order valence-electron chi connectivity index (χ3n) is 1.04. The molecule has 5 heteroatoms. The Labute approximate surface area is 101 Å². The molecule has 0 fully saturated rings. The number of carboxylic acids is 2. The largest absolute Gasteiger partial charge is 0.478 e. The van der Waals surface area contributed by atoms with Gasteiger partial charge in [0.05, 0.1) is 0 Å². The number of carboxylic acid groups (broad SMARTS) is 2. The zero-order valence-corrected chi connectivity index (χ0v) is 12.4. The van der Waals surface area contributed by atoms with E-state index in [2.05, 4.69) is 27.7 Å². The monoisotopic (exact) mass is 322 g/mol. The fraction of sp³-hybridized carbons (Fsp3) is 0.600. The molecule has 0 heterocycles. The maximum absolute atomic E-state index is 9.55. The third-order valence-corrected chi connectivity index (χ3v) is 4.84. The van der Waals surface area contributed by atoms with Gasteiger partial charge in [-0.15, -0.1) is 0 Å². The average molecular weight is 321 g/mol. The van der Waals surface area contributed by atoms with E-state index in [9.17, 15) is 9.59 Å². The number of rotatable bonds is 4. The minimum Gasteiger partial charge on any atom is -0.478 e. The van der Waals surface area contributed by atoms with Crippen LogP contribution in [0.4, 0.5) is 0 Å². The molecule has 0 aliphatic heterocycles. The molecule has 0 aliphatic carbocycles. The van der Waals surface area contributed by atoms with E-state index >= 15 is 0 Å². The summed E-state index contributed by atoms with van der Waals surface area (Å²) in [5.41, 5.74) is 0. The summed E-state index contributed by atoms with van der Waals surface area (Å²) in [6, 6.07) is 0. The van der Waals surface area contributed by atoms with Gasteiger partial charge in [0.2, 0.25) is 0 Å². The maximum atomic E-state index is 9.55. The quantitative estimate of drug-likeness (QED) is 0.614. The first-order chi connectivity index (χ1) is 6.75. The SMILES string of the molecule is C[CH](C)[Sn][CH](C)C.O=C(O)/C=C\C(=O)O. The normalized spacial score (nSPS) is 10.3. The summed E-state index contributed by atoms with van der Waals surface area (Å²) >= 11 is 0.0389. The van der Waals surface area contributed by atoms with Crippen LogP contribution >= 0.6 is 0 Å². The minimum absolute atomic E-state index is 0.0389. The van der Waals surface area contributed by atoms with Gasteiger partial charge in [-0.25, -0.2) is 9.59 Å². The van der Waals surface area contributed by atoms with Crippen molar-refractivity contribution >= 4 is 33.1 Å². The molecule has 0 spiro atoms. The van der Waals surface area contributed by atoms with Gasteiger partial charge in [0.15, 0.2) is 0 Å². The molecule has 2 radical (unpaired) electrons. The van der Waals surface area contributed by atoms with Crippen molar-refractivity contribution in [3.05, 3.63) is 12.2 Å². The van der Waals surface area contributed by atoms with Crippen molar-refractivity contribution in [3.63, 3.8) is 0 Å². The van der Waals surface area contributed by atoms with Gasteiger partial charge in [-0.1, -0.05) is 0 Å². The van der Waals surface area contributed by atoms with E-state index in [4.69, 9.17) is 10.2 Å². The number of hydrogen-bond donors (Lipinski definition) is 2. The fourth-order valence-corrected chi connectivity index (χ4v) is 4.61. The Balaban J connectivity index is 0. The van der Waals surface area contributed by atoms with E-state index in [1.54, 1.807) is 0 Å². The minimum atomic E-state index is -1.26. The Morgan fingerprint density at radius 1 is 0.933 bits per heavy atom. The molecule has 0 aromatic heterocycles. The summed E-state index contributed by atoms with van der Waals surface area (Å²) in [6.45, 7) is 9.36. The van der Waals surface area contributed by atoms with Gasteiger partial charge in [-0.05, 0) is 0 Å². The predicted octanol–water partition coefficient (Wildman–Crippen LogP) is 2.06. The predicted molar refractivity (Wildman–Crippen MR) is 60.4 cm³/mol. The van der Waals surface area contributed by atoms with Crippen LogP contribution in [-0.2, 0) is 9.59 Å². The van der Waals surface area contributed by atoms with Gasteiger partial charge >= 0.3 is 68.6 Å². The van der Waals surface area contributed by atoms with Gasteiger partial charge in [0.25, 0.3) is 0 Å². The van der Waals surface area contributed by atoms with Crippen molar-refractivity contribution < 1.29 is 19.8 Å². The van der Waals surface area contributed by atoms with Crippen molar-refractivity contribution in [3.8, 4) is 0 Å². The summed E-state index contributed by atoms with van der Waals surface area (Å²) in [4.78, 5) is 19.1. The van der Waals surface area contributed by atoms with Crippen molar-refractivity contribution in [2.75, 3.05) is 0 Å². The Morgan fingerprint density at radius 3 is 1.27 bits per heavy atom. The molecule has 0 amide bonds. The van der Waals surface area contributed by atoms with E-state index in [0.29, 0.717) is 12.2 Å². The van der Waals surface area contributed by atoms with Gasteiger partial charge in [-0.2, -0.15) is 0 Å². The van der Waals surface area contributed by atoms with Gasteiger partial charge < -0.3 is 10.2 Å². The molecule has 0 saturated carbocycles. The molecular weight excluding hydrogens is 303 g/mol. The standard InChI is InChI=1S/C4H4O4.2C3H7.Sn/c5-3(6)1-2-4(7)8;2*1-3-2;/h1-2H,(H,5,6)(H,7,8);2*3H,1-2H3;/b2-1-;;;. The van der Waals surface area contributed by atoms with Crippen molar-refractivity contribution in [1.82, 2.24) is 0 Å². The molecule has 0 bridgehead atoms. The summed E-state index contributed by atoms with van der Waals surface area (Å²) in [5, 5.41) is 15.6. The van der Waals surface area contributed by atoms with E-state index in [1.807, 2.05) is 0 Å². The first-order valence-corrected chi connectivity index (χ1v) is 7.95. The molecule has 15 heavy (non-hydrogen) atoms. The van der Waals surface area contributed by atoms with E-state index in [0.717, 1.165) is 7.87 Å². The van der Waals surface area contributed by atoms with Crippen LogP contribution in [-0.4, -0.2) is 43.3 Å². The van der Waals surface area contributed by atoms with Crippen LogP contribution in [0.1, 0.15) is 27.7 Å². The molecule has 86 valence electrons. The molecule has 4 nitrogen and oxygen atoms in total. The van der Waals surface area contributed by atoms with Crippen LogP contribution in [0.2, 0.25) is 7.87 Å². The zero-order valence-electron chi connectivity index (χ0n) is 9.52. The Bertz CT molecular complexity index is 199. The zero-order chi connectivity index (χ0) is 12.4.